The largest absolute Gasteiger partial charge is 0.461 e. The predicted molar refractivity (Wildman–Crippen MR) is 116 cm³/mol. The van der Waals surface area contributed by atoms with Gasteiger partial charge in [-0.25, -0.2) is 4.39 Å². The van der Waals surface area contributed by atoms with Gasteiger partial charge in [0.15, 0.2) is 0 Å². The van der Waals surface area contributed by atoms with Gasteiger partial charge in [-0.3, -0.25) is 14.3 Å². The number of esters is 1. The van der Waals surface area contributed by atoms with Crippen LogP contribution in [0.15, 0.2) is 54.7 Å². The highest BCUT2D eigenvalue weighted by Crippen LogP contribution is 2.29. The monoisotopic (exact) mass is 443 g/mol. The van der Waals surface area contributed by atoms with Crippen LogP contribution in [0.4, 0.5) is 4.39 Å². The van der Waals surface area contributed by atoms with Gasteiger partial charge >= 0.3 is 5.97 Å². The van der Waals surface area contributed by atoms with Gasteiger partial charge in [0.1, 0.15) is 12.4 Å². The summed E-state index contributed by atoms with van der Waals surface area (Å²) in [6.45, 7) is 2.86. The third kappa shape index (κ3) is 6.15. The molecule has 0 aliphatic rings. The third-order valence-electron chi connectivity index (χ3n) is 4.52. The van der Waals surface area contributed by atoms with Crippen LogP contribution in [-0.2, 0) is 22.7 Å². The summed E-state index contributed by atoms with van der Waals surface area (Å²) in [5, 5.41) is 7.21. The van der Waals surface area contributed by atoms with Crippen LogP contribution < -0.4 is 5.32 Å². The van der Waals surface area contributed by atoms with E-state index < -0.39 is 17.7 Å². The number of hydrogen-bond donors (Lipinski definition) is 1. The fourth-order valence-corrected chi connectivity index (χ4v) is 3.33. The van der Waals surface area contributed by atoms with Crippen molar-refractivity contribution in [2.75, 3.05) is 6.54 Å². The maximum absolute atomic E-state index is 14.2. The van der Waals surface area contributed by atoms with E-state index in [1.54, 1.807) is 10.7 Å². The number of nitrogens with zero attached hydrogens (tertiary/aromatic N) is 2. The van der Waals surface area contributed by atoms with E-state index in [4.69, 9.17) is 16.3 Å². The van der Waals surface area contributed by atoms with E-state index in [1.165, 1.54) is 12.3 Å². The zero-order valence-corrected chi connectivity index (χ0v) is 17.9. The van der Waals surface area contributed by atoms with Gasteiger partial charge in [0, 0.05) is 24.2 Å². The van der Waals surface area contributed by atoms with E-state index in [-0.39, 0.29) is 25.1 Å². The molecule has 6 nitrogen and oxygen atoms in total. The summed E-state index contributed by atoms with van der Waals surface area (Å²) < 4.78 is 21.1. The van der Waals surface area contributed by atoms with Crippen LogP contribution in [0.5, 0.6) is 0 Å². The molecule has 3 aromatic rings. The van der Waals surface area contributed by atoms with Crippen molar-refractivity contribution in [1.82, 2.24) is 15.1 Å². The zero-order chi connectivity index (χ0) is 22.2. The van der Waals surface area contributed by atoms with Crippen molar-refractivity contribution < 1.29 is 18.7 Å². The zero-order valence-electron chi connectivity index (χ0n) is 17.1. The van der Waals surface area contributed by atoms with Crippen molar-refractivity contribution >= 4 is 23.5 Å². The van der Waals surface area contributed by atoms with Gasteiger partial charge in [-0.05, 0) is 30.2 Å². The molecular formula is C23H23ClFN3O3. The average Bonchev–Trinajstić information content (AvgIpc) is 3.13. The number of amides is 1. The highest BCUT2D eigenvalue weighted by atomic mass is 35.5. The molecule has 0 aliphatic heterocycles. The van der Waals surface area contributed by atoms with Crippen molar-refractivity contribution in [3.05, 3.63) is 76.7 Å². The van der Waals surface area contributed by atoms with E-state index >= 15 is 0 Å². The number of ether oxygens (including phenoxy) is 1. The molecule has 0 spiro atoms. The molecule has 1 N–H and O–H groups in total. The fourth-order valence-electron chi connectivity index (χ4n) is 3.08. The van der Waals surface area contributed by atoms with Gasteiger partial charge in [-0.2, -0.15) is 5.10 Å². The number of nitrogens with one attached hydrogen (secondary N) is 1. The lowest BCUT2D eigenvalue weighted by Crippen LogP contribution is -2.26. The number of aromatic nitrogens is 2. The van der Waals surface area contributed by atoms with Crippen molar-refractivity contribution in [3.63, 3.8) is 0 Å². The molecule has 31 heavy (non-hydrogen) atoms. The number of rotatable bonds is 9. The summed E-state index contributed by atoms with van der Waals surface area (Å²) in [6, 6.07) is 13.3. The van der Waals surface area contributed by atoms with Crippen molar-refractivity contribution in [2.45, 2.75) is 32.9 Å². The average molecular weight is 444 g/mol. The van der Waals surface area contributed by atoms with Crippen LogP contribution in [0.25, 0.3) is 11.3 Å². The number of aryl methyl sites for hydroxylation is 1. The summed E-state index contributed by atoms with van der Waals surface area (Å²) in [5.41, 5.74) is 2.03. The highest BCUT2D eigenvalue weighted by Gasteiger charge is 2.16. The van der Waals surface area contributed by atoms with Crippen LogP contribution in [0.2, 0.25) is 5.02 Å². The standard InChI is InChI=1S/C23H23ClFN3O3/c1-2-10-28-22(20(24)14-27-28)17-11-18(13-19(25)12-17)23(30)26-9-8-21(29)31-15-16-6-4-3-5-7-16/h3-7,11-14H,2,8-10,15H2,1H3,(H,26,30). The maximum atomic E-state index is 14.2. The number of hydrogen-bond acceptors (Lipinski definition) is 4. The Labute approximate surface area is 185 Å². The van der Waals surface area contributed by atoms with Gasteiger partial charge in [0.2, 0.25) is 0 Å². The van der Waals surface area contributed by atoms with E-state index in [0.29, 0.717) is 22.8 Å². The minimum atomic E-state index is -0.565. The third-order valence-corrected chi connectivity index (χ3v) is 4.80. The first-order valence-corrected chi connectivity index (χ1v) is 10.4. The molecule has 0 fully saturated rings. The molecule has 3 rings (SSSR count). The summed E-state index contributed by atoms with van der Waals surface area (Å²) >= 11 is 6.23. The molecule has 0 unspecified atom stereocenters. The molecule has 0 atom stereocenters. The Kier molecular flexibility index (Phi) is 7.78. The Hall–Kier alpha value is -3.19. The van der Waals surface area contributed by atoms with Crippen LogP contribution in [-0.4, -0.2) is 28.2 Å². The number of carbonyl (C=O) groups excluding carboxylic acids is 2. The SMILES string of the molecule is CCCn1ncc(Cl)c1-c1cc(F)cc(C(=O)NCCC(=O)OCc2ccccc2)c1. The normalized spacial score (nSPS) is 10.7. The first kappa shape index (κ1) is 22.5. The van der Waals surface area contributed by atoms with Crippen molar-refractivity contribution in [2.24, 2.45) is 0 Å². The summed E-state index contributed by atoms with van der Waals surface area (Å²) in [4.78, 5) is 24.4. The maximum Gasteiger partial charge on any atom is 0.307 e. The Morgan fingerprint density at radius 3 is 2.71 bits per heavy atom. The summed E-state index contributed by atoms with van der Waals surface area (Å²) in [5.74, 6) is -1.49. The Balaban J connectivity index is 1.59. The fraction of sp³-hybridized carbons (Fsp3) is 0.261. The lowest BCUT2D eigenvalue weighted by atomic mass is 10.1. The molecular weight excluding hydrogens is 421 g/mol. The van der Waals surface area contributed by atoms with Gasteiger partial charge < -0.3 is 10.1 Å². The minimum absolute atomic E-state index is 0.00977. The molecule has 0 saturated carbocycles. The summed E-state index contributed by atoms with van der Waals surface area (Å²) in [7, 11) is 0. The number of halogens is 2. The molecule has 2 aromatic carbocycles. The topological polar surface area (TPSA) is 73.2 Å². The first-order valence-electron chi connectivity index (χ1n) is 9.98. The second-order valence-electron chi connectivity index (χ2n) is 6.95. The van der Waals surface area contributed by atoms with Crippen LogP contribution >= 0.6 is 11.6 Å². The van der Waals surface area contributed by atoms with E-state index in [0.717, 1.165) is 18.1 Å². The second-order valence-corrected chi connectivity index (χ2v) is 7.35. The molecule has 0 saturated heterocycles. The number of carbonyl (C=O) groups is 2. The molecule has 0 radical (unpaired) electrons. The first-order chi connectivity index (χ1) is 15.0. The van der Waals surface area contributed by atoms with E-state index in [9.17, 15) is 14.0 Å². The molecule has 0 bridgehead atoms. The van der Waals surface area contributed by atoms with Gasteiger partial charge in [0.05, 0.1) is 23.3 Å². The van der Waals surface area contributed by atoms with Crippen molar-refractivity contribution in [1.29, 1.82) is 0 Å². The predicted octanol–water partition coefficient (Wildman–Crippen LogP) is 4.62. The molecule has 162 valence electrons. The lowest BCUT2D eigenvalue weighted by molar-refractivity contribution is -0.144. The highest BCUT2D eigenvalue weighted by molar-refractivity contribution is 6.33. The lowest BCUT2D eigenvalue weighted by Gasteiger charge is -2.10. The van der Waals surface area contributed by atoms with Crippen LogP contribution in [0.3, 0.4) is 0 Å². The van der Waals surface area contributed by atoms with E-state index in [1.807, 2.05) is 37.3 Å². The Bertz CT molecular complexity index is 1050. The smallest absolute Gasteiger partial charge is 0.307 e. The number of benzene rings is 2. The second kappa shape index (κ2) is 10.7. The molecule has 1 heterocycles. The van der Waals surface area contributed by atoms with Gasteiger partial charge in [-0.15, -0.1) is 0 Å². The Morgan fingerprint density at radius 1 is 1.19 bits per heavy atom. The van der Waals surface area contributed by atoms with Crippen LogP contribution in [0, 0.1) is 5.82 Å². The van der Waals surface area contributed by atoms with Gasteiger partial charge in [0.25, 0.3) is 5.91 Å². The Morgan fingerprint density at radius 2 is 1.97 bits per heavy atom. The van der Waals surface area contributed by atoms with Gasteiger partial charge in [-0.1, -0.05) is 48.9 Å². The summed E-state index contributed by atoms with van der Waals surface area (Å²) in [6.07, 6.45) is 2.34. The van der Waals surface area contributed by atoms with E-state index in [2.05, 4.69) is 10.4 Å². The minimum Gasteiger partial charge on any atom is -0.461 e. The molecule has 0 aliphatic carbocycles. The quantitative estimate of drug-likeness (QED) is 0.490. The van der Waals surface area contributed by atoms with Crippen molar-refractivity contribution in [3.8, 4) is 11.3 Å². The molecule has 8 heteroatoms. The molecule has 1 amide bonds. The molecule has 1 aromatic heterocycles. The van der Waals surface area contributed by atoms with Crippen LogP contribution in [0.1, 0.15) is 35.7 Å².